The molecule has 8 nitrogen and oxygen atoms in total. The molecule has 3 rings (SSSR count). The minimum absolute atomic E-state index is 0.0617. The third-order valence-electron chi connectivity index (χ3n) is 4.47. The van der Waals surface area contributed by atoms with Gasteiger partial charge in [0.1, 0.15) is 5.75 Å². The SMILES string of the molecule is COc1ccc(NC(=O)C2=C(C)NC(=O)N[C@H]2c2cc(OC)c(O)cc2Br)cc1. The maximum atomic E-state index is 13.1. The van der Waals surface area contributed by atoms with Crippen LogP contribution in [0.3, 0.4) is 0 Å². The number of urea groups is 1. The van der Waals surface area contributed by atoms with E-state index < -0.39 is 12.1 Å². The first-order chi connectivity index (χ1) is 13.8. The maximum absolute atomic E-state index is 13.1. The number of phenols is 1. The van der Waals surface area contributed by atoms with E-state index >= 15 is 0 Å². The molecule has 29 heavy (non-hydrogen) atoms. The molecular weight excluding hydrogens is 442 g/mol. The number of amides is 3. The Hall–Kier alpha value is -3.20. The summed E-state index contributed by atoms with van der Waals surface area (Å²) in [6.45, 7) is 1.65. The second kappa shape index (κ2) is 8.44. The molecule has 3 amide bonds. The summed E-state index contributed by atoms with van der Waals surface area (Å²) >= 11 is 3.39. The first-order valence-corrected chi connectivity index (χ1v) is 9.43. The average molecular weight is 462 g/mol. The van der Waals surface area contributed by atoms with E-state index in [9.17, 15) is 14.7 Å². The van der Waals surface area contributed by atoms with Crippen LogP contribution in [0.25, 0.3) is 0 Å². The van der Waals surface area contributed by atoms with Gasteiger partial charge in [-0.1, -0.05) is 15.9 Å². The summed E-state index contributed by atoms with van der Waals surface area (Å²) in [6.07, 6.45) is 0. The number of allylic oxidation sites excluding steroid dienone is 1. The number of rotatable bonds is 5. The molecule has 0 saturated heterocycles. The zero-order valence-corrected chi connectivity index (χ0v) is 17.6. The molecule has 4 N–H and O–H groups in total. The Balaban J connectivity index is 1.98. The molecule has 0 bridgehead atoms. The Morgan fingerprint density at radius 2 is 1.86 bits per heavy atom. The summed E-state index contributed by atoms with van der Waals surface area (Å²) < 4.78 is 10.8. The lowest BCUT2D eigenvalue weighted by atomic mass is 9.94. The van der Waals surface area contributed by atoms with E-state index in [0.29, 0.717) is 32.7 Å². The Morgan fingerprint density at radius 3 is 2.48 bits per heavy atom. The van der Waals surface area contributed by atoms with E-state index in [2.05, 4.69) is 31.9 Å². The van der Waals surface area contributed by atoms with Crippen molar-refractivity contribution in [2.45, 2.75) is 13.0 Å². The van der Waals surface area contributed by atoms with Gasteiger partial charge in [-0.15, -0.1) is 0 Å². The van der Waals surface area contributed by atoms with Gasteiger partial charge in [0.05, 0.1) is 25.8 Å². The van der Waals surface area contributed by atoms with Crippen LogP contribution < -0.4 is 25.4 Å². The van der Waals surface area contributed by atoms with E-state index in [1.165, 1.54) is 13.2 Å². The summed E-state index contributed by atoms with van der Waals surface area (Å²) in [4.78, 5) is 25.2. The van der Waals surface area contributed by atoms with Gasteiger partial charge in [0, 0.05) is 15.9 Å². The lowest BCUT2D eigenvalue weighted by molar-refractivity contribution is -0.113. The number of nitrogens with one attached hydrogen (secondary N) is 3. The van der Waals surface area contributed by atoms with Crippen LogP contribution in [-0.2, 0) is 4.79 Å². The molecular formula is C20H20BrN3O5. The highest BCUT2D eigenvalue weighted by Crippen LogP contribution is 2.39. The van der Waals surface area contributed by atoms with Gasteiger partial charge >= 0.3 is 6.03 Å². The standard InChI is InChI=1S/C20H20BrN3O5/c1-10-17(19(26)23-11-4-6-12(28-2)7-5-11)18(24-20(27)22-10)13-8-16(29-3)15(25)9-14(13)21/h4-9,18,25H,1-3H3,(H,23,26)(H2,22,24,27)/t18-/m0/s1. The number of hydrogen-bond donors (Lipinski definition) is 4. The minimum atomic E-state index is -0.758. The van der Waals surface area contributed by atoms with Gasteiger partial charge in [-0.3, -0.25) is 4.79 Å². The third-order valence-corrected chi connectivity index (χ3v) is 5.16. The number of methoxy groups -OCH3 is 2. The second-order valence-electron chi connectivity index (χ2n) is 6.30. The van der Waals surface area contributed by atoms with Crippen molar-refractivity contribution in [2.75, 3.05) is 19.5 Å². The second-order valence-corrected chi connectivity index (χ2v) is 7.15. The van der Waals surface area contributed by atoms with Gasteiger partial charge in [-0.2, -0.15) is 0 Å². The Labute approximate surface area is 176 Å². The van der Waals surface area contributed by atoms with Gasteiger partial charge in [-0.05, 0) is 48.9 Å². The molecule has 2 aromatic rings. The number of ether oxygens (including phenoxy) is 2. The maximum Gasteiger partial charge on any atom is 0.319 e. The summed E-state index contributed by atoms with van der Waals surface area (Å²) in [5, 5.41) is 18.2. The average Bonchev–Trinajstić information content (AvgIpc) is 2.68. The topological polar surface area (TPSA) is 109 Å². The summed E-state index contributed by atoms with van der Waals surface area (Å²) in [7, 11) is 2.98. The number of anilines is 1. The number of hydrogen-bond acceptors (Lipinski definition) is 5. The fraction of sp³-hybridized carbons (Fsp3) is 0.200. The molecule has 0 aromatic heterocycles. The van der Waals surface area contributed by atoms with E-state index in [-0.39, 0.29) is 17.4 Å². The number of benzene rings is 2. The van der Waals surface area contributed by atoms with E-state index in [0.717, 1.165) is 0 Å². The number of carbonyl (C=O) groups is 2. The van der Waals surface area contributed by atoms with Crippen molar-refractivity contribution >= 4 is 33.6 Å². The molecule has 1 atom stereocenters. The van der Waals surface area contributed by atoms with Gasteiger partial charge < -0.3 is 30.5 Å². The van der Waals surface area contributed by atoms with Gasteiger partial charge in [0.15, 0.2) is 11.5 Å². The molecule has 1 heterocycles. The predicted octanol–water partition coefficient (Wildman–Crippen LogP) is 3.44. The number of phenolic OH excluding ortho intramolecular Hbond substituents is 1. The zero-order valence-electron chi connectivity index (χ0n) is 16.0. The molecule has 2 aromatic carbocycles. The lowest BCUT2D eigenvalue weighted by Crippen LogP contribution is -2.46. The summed E-state index contributed by atoms with van der Waals surface area (Å²) in [6, 6.07) is 8.73. The molecule has 0 fully saturated rings. The Kier molecular flexibility index (Phi) is 5.97. The summed E-state index contributed by atoms with van der Waals surface area (Å²) in [5.41, 5.74) is 1.89. The molecule has 0 saturated carbocycles. The molecule has 0 aliphatic carbocycles. The van der Waals surface area contributed by atoms with E-state index in [1.54, 1.807) is 44.4 Å². The fourth-order valence-electron chi connectivity index (χ4n) is 3.04. The van der Waals surface area contributed by atoms with Crippen molar-refractivity contribution in [3.05, 3.63) is 57.7 Å². The molecule has 0 spiro atoms. The zero-order chi connectivity index (χ0) is 21.1. The van der Waals surface area contributed by atoms with Crippen LogP contribution in [0.15, 0.2) is 52.1 Å². The van der Waals surface area contributed by atoms with Crippen molar-refractivity contribution in [1.82, 2.24) is 10.6 Å². The van der Waals surface area contributed by atoms with E-state index in [1.807, 2.05) is 0 Å². The molecule has 9 heteroatoms. The fourth-order valence-corrected chi connectivity index (χ4v) is 3.60. The van der Waals surface area contributed by atoms with Crippen LogP contribution in [0.1, 0.15) is 18.5 Å². The van der Waals surface area contributed by atoms with Crippen molar-refractivity contribution in [3.63, 3.8) is 0 Å². The minimum Gasteiger partial charge on any atom is -0.504 e. The van der Waals surface area contributed by atoms with Crippen molar-refractivity contribution in [2.24, 2.45) is 0 Å². The van der Waals surface area contributed by atoms with Gasteiger partial charge in [0.2, 0.25) is 0 Å². The molecule has 1 aliphatic heterocycles. The third kappa shape index (κ3) is 4.29. The van der Waals surface area contributed by atoms with Crippen LogP contribution in [-0.4, -0.2) is 31.3 Å². The van der Waals surface area contributed by atoms with Crippen LogP contribution in [0.2, 0.25) is 0 Å². The Bertz CT molecular complexity index is 988. The van der Waals surface area contributed by atoms with Crippen LogP contribution in [0.5, 0.6) is 17.2 Å². The molecule has 0 radical (unpaired) electrons. The highest BCUT2D eigenvalue weighted by molar-refractivity contribution is 9.10. The largest absolute Gasteiger partial charge is 0.504 e. The molecule has 1 aliphatic rings. The number of carbonyl (C=O) groups excluding carboxylic acids is 2. The summed E-state index contributed by atoms with van der Waals surface area (Å²) in [5.74, 6) is 0.448. The highest BCUT2D eigenvalue weighted by Gasteiger charge is 2.33. The monoisotopic (exact) mass is 461 g/mol. The van der Waals surface area contributed by atoms with Crippen LogP contribution >= 0.6 is 15.9 Å². The number of aromatic hydroxyl groups is 1. The van der Waals surface area contributed by atoms with Gasteiger partial charge in [-0.25, -0.2) is 4.79 Å². The van der Waals surface area contributed by atoms with Crippen molar-refractivity contribution in [1.29, 1.82) is 0 Å². The molecule has 152 valence electrons. The lowest BCUT2D eigenvalue weighted by Gasteiger charge is -2.29. The van der Waals surface area contributed by atoms with Crippen molar-refractivity contribution < 1.29 is 24.2 Å². The first kappa shape index (κ1) is 20.5. The normalized spacial score (nSPS) is 16.0. The van der Waals surface area contributed by atoms with Gasteiger partial charge in [0.25, 0.3) is 5.91 Å². The van der Waals surface area contributed by atoms with Crippen LogP contribution in [0.4, 0.5) is 10.5 Å². The highest BCUT2D eigenvalue weighted by atomic mass is 79.9. The predicted molar refractivity (Wildman–Crippen MR) is 111 cm³/mol. The van der Waals surface area contributed by atoms with E-state index in [4.69, 9.17) is 9.47 Å². The van der Waals surface area contributed by atoms with Crippen LogP contribution in [0, 0.1) is 0 Å². The molecule has 0 unspecified atom stereocenters. The number of halogens is 1. The quantitative estimate of drug-likeness (QED) is 0.545. The Morgan fingerprint density at radius 1 is 1.17 bits per heavy atom. The smallest absolute Gasteiger partial charge is 0.319 e. The van der Waals surface area contributed by atoms with Crippen molar-refractivity contribution in [3.8, 4) is 17.2 Å². The first-order valence-electron chi connectivity index (χ1n) is 8.64.